The van der Waals surface area contributed by atoms with Gasteiger partial charge >= 0.3 is 12.1 Å². The Hall–Kier alpha value is -2.76. The molecule has 0 unspecified atom stereocenters. The van der Waals surface area contributed by atoms with Gasteiger partial charge in [0.25, 0.3) is 0 Å². The summed E-state index contributed by atoms with van der Waals surface area (Å²) in [5.74, 6) is -1.93. The molecule has 0 amide bonds. The lowest BCUT2D eigenvalue weighted by Gasteiger charge is -2.25. The molecule has 2 rings (SSSR count). The van der Waals surface area contributed by atoms with Crippen LogP contribution < -0.4 is 4.74 Å². The van der Waals surface area contributed by atoms with E-state index in [4.69, 9.17) is 4.74 Å². The molecule has 0 aromatic heterocycles. The van der Waals surface area contributed by atoms with Crippen LogP contribution in [0.5, 0.6) is 5.75 Å². The van der Waals surface area contributed by atoms with Crippen LogP contribution in [-0.4, -0.2) is 16.7 Å². The summed E-state index contributed by atoms with van der Waals surface area (Å²) < 4.78 is 44.3. The van der Waals surface area contributed by atoms with Gasteiger partial charge in [-0.05, 0) is 30.7 Å². The average molecular weight is 336 g/mol. The summed E-state index contributed by atoms with van der Waals surface area (Å²) in [4.78, 5) is 11.6. The molecule has 2 aromatic rings. The number of alkyl halides is 3. The minimum Gasteiger partial charge on any atom is -0.478 e. The fourth-order valence-electron chi connectivity index (χ4n) is 1.99. The summed E-state index contributed by atoms with van der Waals surface area (Å²) in [7, 11) is 0. The predicted octanol–water partition coefficient (Wildman–Crippen LogP) is 4.64. The highest BCUT2D eigenvalue weighted by Gasteiger charge is 2.38. The maximum Gasteiger partial charge on any atom is 0.419 e. The van der Waals surface area contributed by atoms with Crippen LogP contribution in [0.25, 0.3) is 6.08 Å². The predicted molar refractivity (Wildman–Crippen MR) is 83.6 cm³/mol. The molecule has 126 valence electrons. The maximum atomic E-state index is 13.0. The van der Waals surface area contributed by atoms with Crippen LogP contribution in [0.15, 0.2) is 60.7 Å². The number of carbonyl (C=O) groups is 1. The topological polar surface area (TPSA) is 46.5 Å². The first-order chi connectivity index (χ1) is 11.2. The van der Waals surface area contributed by atoms with Crippen molar-refractivity contribution in [3.63, 3.8) is 0 Å². The fraction of sp³-hybridized carbons (Fsp3) is 0.167. The van der Waals surface area contributed by atoms with E-state index >= 15 is 0 Å². The zero-order valence-corrected chi connectivity index (χ0v) is 12.7. The van der Waals surface area contributed by atoms with Crippen molar-refractivity contribution in [2.24, 2.45) is 0 Å². The molecule has 0 aliphatic rings. The van der Waals surface area contributed by atoms with E-state index < -0.39 is 29.1 Å². The number of ether oxygens (including phenoxy) is 1. The summed E-state index contributed by atoms with van der Waals surface area (Å²) >= 11 is 0. The van der Waals surface area contributed by atoms with E-state index in [0.29, 0.717) is 5.56 Å². The lowest BCUT2D eigenvalue weighted by atomic mass is 10.0. The van der Waals surface area contributed by atoms with Gasteiger partial charge in [0.1, 0.15) is 5.75 Å². The van der Waals surface area contributed by atoms with Crippen LogP contribution in [0.4, 0.5) is 13.2 Å². The SMILES string of the molecule is C[C@](C=Cc1ccccc1)(Oc1ccccc1C(F)(F)F)C(=O)O. The van der Waals surface area contributed by atoms with Gasteiger partial charge in [-0.15, -0.1) is 0 Å². The summed E-state index contributed by atoms with van der Waals surface area (Å²) in [6.07, 6.45) is -1.93. The highest BCUT2D eigenvalue weighted by Crippen LogP contribution is 2.37. The molecular formula is C18H15F3O3. The largest absolute Gasteiger partial charge is 0.478 e. The third kappa shape index (κ3) is 4.16. The quantitative estimate of drug-likeness (QED) is 0.865. The van der Waals surface area contributed by atoms with Gasteiger partial charge in [0.05, 0.1) is 5.56 Å². The van der Waals surface area contributed by atoms with E-state index in [0.717, 1.165) is 12.1 Å². The van der Waals surface area contributed by atoms with Gasteiger partial charge in [0.15, 0.2) is 0 Å². The number of benzene rings is 2. The Morgan fingerprint density at radius 3 is 2.21 bits per heavy atom. The van der Waals surface area contributed by atoms with Gasteiger partial charge in [-0.25, -0.2) is 4.79 Å². The molecule has 0 spiro atoms. The Labute approximate surface area is 137 Å². The van der Waals surface area contributed by atoms with Gasteiger partial charge in [0.2, 0.25) is 5.60 Å². The lowest BCUT2D eigenvalue weighted by molar-refractivity contribution is -0.152. The Bertz CT molecular complexity index is 739. The first-order valence-corrected chi connectivity index (χ1v) is 7.05. The third-order valence-electron chi connectivity index (χ3n) is 3.33. The van der Waals surface area contributed by atoms with E-state index in [1.54, 1.807) is 30.3 Å². The molecule has 1 atom stereocenters. The minimum atomic E-state index is -4.64. The van der Waals surface area contributed by atoms with Crippen LogP contribution >= 0.6 is 0 Å². The standard InChI is InChI=1S/C18H15F3O3/c1-17(16(22)23,12-11-13-7-3-2-4-8-13)24-15-10-6-5-9-14(15)18(19,20)21/h2-12H,1H3,(H,22,23)/t17-/m1/s1. The second kappa shape index (κ2) is 6.78. The molecule has 1 N–H and O–H groups in total. The van der Waals surface area contributed by atoms with Crippen molar-refractivity contribution in [3.05, 3.63) is 71.8 Å². The van der Waals surface area contributed by atoms with Crippen molar-refractivity contribution >= 4 is 12.0 Å². The molecular weight excluding hydrogens is 321 g/mol. The molecule has 0 saturated carbocycles. The fourth-order valence-corrected chi connectivity index (χ4v) is 1.99. The van der Waals surface area contributed by atoms with Gasteiger partial charge in [-0.1, -0.05) is 48.5 Å². The molecule has 24 heavy (non-hydrogen) atoms. The molecule has 0 fully saturated rings. The number of carboxylic acid groups (broad SMARTS) is 1. The summed E-state index contributed by atoms with van der Waals surface area (Å²) in [6, 6.07) is 13.3. The molecule has 0 bridgehead atoms. The second-order valence-corrected chi connectivity index (χ2v) is 5.25. The van der Waals surface area contributed by atoms with E-state index in [1.807, 2.05) is 0 Å². The zero-order chi connectivity index (χ0) is 17.8. The molecule has 3 nitrogen and oxygen atoms in total. The Balaban J connectivity index is 2.36. The number of para-hydroxylation sites is 1. The van der Waals surface area contributed by atoms with Crippen LogP contribution in [0.1, 0.15) is 18.1 Å². The number of carboxylic acids is 1. The van der Waals surface area contributed by atoms with Crippen molar-refractivity contribution in [1.82, 2.24) is 0 Å². The Morgan fingerprint density at radius 1 is 1.04 bits per heavy atom. The summed E-state index contributed by atoms with van der Waals surface area (Å²) in [6.45, 7) is 1.20. The number of hydrogen-bond acceptors (Lipinski definition) is 2. The van der Waals surface area contributed by atoms with Crippen molar-refractivity contribution in [3.8, 4) is 5.75 Å². The number of hydrogen-bond donors (Lipinski definition) is 1. The molecule has 6 heteroatoms. The van der Waals surface area contributed by atoms with Crippen molar-refractivity contribution in [2.75, 3.05) is 0 Å². The first kappa shape index (κ1) is 17.6. The molecule has 2 aromatic carbocycles. The summed E-state index contributed by atoms with van der Waals surface area (Å²) in [5.41, 5.74) is -2.26. The smallest absolute Gasteiger partial charge is 0.419 e. The van der Waals surface area contributed by atoms with Crippen molar-refractivity contribution < 1.29 is 27.8 Å². The van der Waals surface area contributed by atoms with Gasteiger partial charge in [-0.2, -0.15) is 13.2 Å². The van der Waals surface area contributed by atoms with Crippen LogP contribution in [0.3, 0.4) is 0 Å². The highest BCUT2D eigenvalue weighted by molar-refractivity contribution is 5.81. The summed E-state index contributed by atoms with van der Waals surface area (Å²) in [5, 5.41) is 9.41. The number of rotatable bonds is 5. The van der Waals surface area contributed by atoms with E-state index in [1.165, 1.54) is 31.2 Å². The van der Waals surface area contributed by atoms with E-state index in [-0.39, 0.29) is 0 Å². The van der Waals surface area contributed by atoms with Crippen molar-refractivity contribution in [2.45, 2.75) is 18.7 Å². The third-order valence-corrected chi connectivity index (χ3v) is 3.33. The van der Waals surface area contributed by atoms with Gasteiger partial charge in [-0.3, -0.25) is 0 Å². The molecule has 0 heterocycles. The van der Waals surface area contributed by atoms with Crippen LogP contribution in [-0.2, 0) is 11.0 Å². The van der Waals surface area contributed by atoms with Gasteiger partial charge < -0.3 is 9.84 Å². The Morgan fingerprint density at radius 2 is 1.62 bits per heavy atom. The normalized spacial score (nSPS) is 14.3. The monoisotopic (exact) mass is 336 g/mol. The van der Waals surface area contributed by atoms with Crippen LogP contribution in [0.2, 0.25) is 0 Å². The lowest BCUT2D eigenvalue weighted by Crippen LogP contribution is -2.39. The average Bonchev–Trinajstić information content (AvgIpc) is 2.53. The zero-order valence-electron chi connectivity index (χ0n) is 12.7. The first-order valence-electron chi connectivity index (χ1n) is 7.05. The minimum absolute atomic E-state index is 0.535. The van der Waals surface area contributed by atoms with Crippen LogP contribution in [0, 0.1) is 0 Å². The molecule has 0 radical (unpaired) electrons. The van der Waals surface area contributed by atoms with Crippen molar-refractivity contribution in [1.29, 1.82) is 0 Å². The second-order valence-electron chi connectivity index (χ2n) is 5.25. The number of aliphatic carboxylic acids is 1. The molecule has 0 saturated heterocycles. The van der Waals surface area contributed by atoms with Gasteiger partial charge in [0, 0.05) is 0 Å². The Kier molecular flexibility index (Phi) is 4.97. The molecule has 0 aliphatic heterocycles. The maximum absolute atomic E-state index is 13.0. The molecule has 0 aliphatic carbocycles. The van der Waals surface area contributed by atoms with E-state index in [9.17, 15) is 23.1 Å². The number of halogens is 3. The highest BCUT2D eigenvalue weighted by atomic mass is 19.4. The van der Waals surface area contributed by atoms with E-state index in [2.05, 4.69) is 0 Å².